The Morgan fingerprint density at radius 2 is 2.13 bits per heavy atom. The maximum absolute atomic E-state index is 13.5. The fraction of sp³-hybridized carbons (Fsp3) is 0.364. The van der Waals surface area contributed by atoms with Crippen LogP contribution >= 0.6 is 11.3 Å². The quantitative estimate of drug-likeness (QED) is 0.620. The minimum Gasteiger partial charge on any atom is -0.497 e. The third-order valence-electron chi connectivity index (χ3n) is 5.28. The Kier molecular flexibility index (Phi) is 5.18. The van der Waals surface area contributed by atoms with Gasteiger partial charge in [-0.2, -0.15) is 0 Å². The Balaban J connectivity index is 1.45. The van der Waals surface area contributed by atoms with Gasteiger partial charge < -0.3 is 18.9 Å². The Labute approximate surface area is 178 Å². The number of methoxy groups -OCH3 is 1. The van der Waals surface area contributed by atoms with Gasteiger partial charge >= 0.3 is 0 Å². The number of benzene rings is 2. The normalized spacial score (nSPS) is 20.3. The molecule has 1 amide bonds. The van der Waals surface area contributed by atoms with E-state index in [1.807, 2.05) is 42.5 Å². The average Bonchev–Trinajstić information content (AvgIpc) is 3.45. The summed E-state index contributed by atoms with van der Waals surface area (Å²) >= 11 is 1.46. The van der Waals surface area contributed by atoms with Crippen LogP contribution in [0.25, 0.3) is 10.2 Å². The molecule has 2 aliphatic rings. The van der Waals surface area contributed by atoms with E-state index in [0.29, 0.717) is 23.2 Å². The highest BCUT2D eigenvalue weighted by Crippen LogP contribution is 2.35. The average molecular weight is 426 g/mol. The van der Waals surface area contributed by atoms with Crippen molar-refractivity contribution in [2.75, 3.05) is 31.8 Å². The monoisotopic (exact) mass is 426 g/mol. The van der Waals surface area contributed by atoms with Crippen molar-refractivity contribution in [3.8, 4) is 17.2 Å². The molecule has 0 bridgehead atoms. The summed E-state index contributed by atoms with van der Waals surface area (Å²) in [6.07, 6.45) is 1.18. The molecule has 7 nitrogen and oxygen atoms in total. The molecule has 156 valence electrons. The van der Waals surface area contributed by atoms with Gasteiger partial charge in [0.05, 0.1) is 30.0 Å². The minimum atomic E-state index is -0.733. The smallest absolute Gasteiger partial charge is 0.273 e. The molecule has 3 heterocycles. The van der Waals surface area contributed by atoms with E-state index in [1.54, 1.807) is 12.0 Å². The zero-order valence-corrected chi connectivity index (χ0v) is 17.4. The molecular formula is C22H22N2O5S. The topological polar surface area (TPSA) is 70.1 Å². The number of thiazole rings is 1. The van der Waals surface area contributed by atoms with Crippen LogP contribution in [0.4, 0.5) is 5.13 Å². The number of ether oxygens (including phenoxy) is 4. The van der Waals surface area contributed by atoms with E-state index in [-0.39, 0.29) is 18.6 Å². The van der Waals surface area contributed by atoms with Crippen LogP contribution in [0, 0.1) is 0 Å². The van der Waals surface area contributed by atoms with Crippen molar-refractivity contribution in [2.24, 2.45) is 0 Å². The molecule has 30 heavy (non-hydrogen) atoms. The van der Waals surface area contributed by atoms with Crippen molar-refractivity contribution >= 4 is 32.6 Å². The van der Waals surface area contributed by atoms with Gasteiger partial charge in [-0.25, -0.2) is 4.98 Å². The SMILES string of the molecule is COc1ccc2nc(N(CC3CCCO3)C(=O)C3COc4ccccc4O3)sc2c1. The number of para-hydroxylation sites is 2. The summed E-state index contributed by atoms with van der Waals surface area (Å²) in [6, 6.07) is 13.1. The van der Waals surface area contributed by atoms with Crippen LogP contribution < -0.4 is 19.1 Å². The van der Waals surface area contributed by atoms with Crippen LogP contribution in [0.1, 0.15) is 12.8 Å². The van der Waals surface area contributed by atoms with Crippen LogP contribution in [0.15, 0.2) is 42.5 Å². The van der Waals surface area contributed by atoms with Gasteiger partial charge in [0.25, 0.3) is 5.91 Å². The van der Waals surface area contributed by atoms with Crippen molar-refractivity contribution in [1.82, 2.24) is 4.98 Å². The summed E-state index contributed by atoms with van der Waals surface area (Å²) in [7, 11) is 1.63. The Morgan fingerprint density at radius 3 is 2.93 bits per heavy atom. The molecule has 3 aromatic rings. The van der Waals surface area contributed by atoms with Crippen molar-refractivity contribution in [3.05, 3.63) is 42.5 Å². The van der Waals surface area contributed by atoms with Crippen LogP contribution in [0.5, 0.6) is 17.2 Å². The number of anilines is 1. The van der Waals surface area contributed by atoms with E-state index in [4.69, 9.17) is 23.9 Å². The summed E-state index contributed by atoms with van der Waals surface area (Å²) in [5.74, 6) is 1.81. The Morgan fingerprint density at radius 1 is 1.27 bits per heavy atom. The number of carbonyl (C=O) groups excluding carboxylic acids is 1. The minimum absolute atomic E-state index is 0.00714. The van der Waals surface area contributed by atoms with Crippen LogP contribution in [-0.4, -0.2) is 50.0 Å². The Hall–Kier alpha value is -2.84. The molecule has 8 heteroatoms. The summed E-state index contributed by atoms with van der Waals surface area (Å²) in [4.78, 5) is 19.9. The number of nitrogens with zero attached hydrogens (tertiary/aromatic N) is 2. The molecule has 1 fully saturated rings. The number of hydrogen-bond acceptors (Lipinski definition) is 7. The number of rotatable bonds is 5. The van der Waals surface area contributed by atoms with Crippen molar-refractivity contribution in [2.45, 2.75) is 25.0 Å². The zero-order chi connectivity index (χ0) is 20.5. The van der Waals surface area contributed by atoms with Crippen LogP contribution in [-0.2, 0) is 9.53 Å². The maximum Gasteiger partial charge on any atom is 0.273 e. The van der Waals surface area contributed by atoms with Crippen molar-refractivity contribution in [3.63, 3.8) is 0 Å². The maximum atomic E-state index is 13.5. The molecule has 0 radical (unpaired) electrons. The van der Waals surface area contributed by atoms with Gasteiger partial charge in [-0.15, -0.1) is 0 Å². The standard InChI is InChI=1S/C22H22N2O5S/c1-26-14-8-9-16-20(11-14)30-22(23-16)24(12-15-5-4-10-27-15)21(25)19-13-28-17-6-2-3-7-18(17)29-19/h2-3,6-9,11,15,19H,4-5,10,12-13H2,1H3. The molecule has 0 N–H and O–H groups in total. The van der Waals surface area contributed by atoms with E-state index in [0.717, 1.165) is 35.4 Å². The second-order valence-corrected chi connectivity index (χ2v) is 8.29. The highest BCUT2D eigenvalue weighted by atomic mass is 32.1. The van der Waals surface area contributed by atoms with E-state index < -0.39 is 6.10 Å². The van der Waals surface area contributed by atoms with Crippen molar-refractivity contribution < 1.29 is 23.7 Å². The highest BCUT2D eigenvalue weighted by Gasteiger charge is 2.35. The number of aromatic nitrogens is 1. The first-order chi connectivity index (χ1) is 14.7. The lowest BCUT2D eigenvalue weighted by Gasteiger charge is -2.30. The van der Waals surface area contributed by atoms with Gasteiger partial charge in [0.1, 0.15) is 12.4 Å². The fourth-order valence-electron chi connectivity index (χ4n) is 3.70. The van der Waals surface area contributed by atoms with Crippen LogP contribution in [0.3, 0.4) is 0 Å². The second-order valence-electron chi connectivity index (χ2n) is 7.28. The molecule has 0 saturated carbocycles. The number of carbonyl (C=O) groups is 1. The van der Waals surface area contributed by atoms with Gasteiger partial charge in [-0.05, 0) is 43.2 Å². The zero-order valence-electron chi connectivity index (χ0n) is 16.6. The largest absolute Gasteiger partial charge is 0.497 e. The lowest BCUT2D eigenvalue weighted by atomic mass is 10.2. The van der Waals surface area contributed by atoms with E-state index in [9.17, 15) is 4.79 Å². The molecule has 2 aromatic carbocycles. The first kappa shape index (κ1) is 19.1. The van der Waals surface area contributed by atoms with E-state index in [1.165, 1.54) is 11.3 Å². The first-order valence-electron chi connectivity index (χ1n) is 9.97. The first-order valence-corrected chi connectivity index (χ1v) is 10.8. The lowest BCUT2D eigenvalue weighted by molar-refractivity contribution is -0.128. The number of hydrogen-bond donors (Lipinski definition) is 0. The molecule has 0 spiro atoms. The molecule has 5 rings (SSSR count). The third kappa shape index (κ3) is 3.68. The fourth-order valence-corrected chi connectivity index (χ4v) is 4.71. The van der Waals surface area contributed by atoms with E-state index in [2.05, 4.69) is 0 Å². The third-order valence-corrected chi connectivity index (χ3v) is 6.32. The molecule has 2 aliphatic heterocycles. The molecular weight excluding hydrogens is 404 g/mol. The predicted octanol–water partition coefficient (Wildman–Crippen LogP) is 3.66. The van der Waals surface area contributed by atoms with Gasteiger partial charge in [-0.3, -0.25) is 9.69 Å². The van der Waals surface area contributed by atoms with Crippen molar-refractivity contribution in [1.29, 1.82) is 0 Å². The highest BCUT2D eigenvalue weighted by molar-refractivity contribution is 7.22. The number of amides is 1. The van der Waals surface area contributed by atoms with Gasteiger partial charge in [0.15, 0.2) is 16.6 Å². The van der Waals surface area contributed by atoms with Crippen LogP contribution in [0.2, 0.25) is 0 Å². The van der Waals surface area contributed by atoms with Gasteiger partial charge in [0.2, 0.25) is 6.10 Å². The number of fused-ring (bicyclic) bond motifs is 2. The predicted molar refractivity (Wildman–Crippen MR) is 114 cm³/mol. The summed E-state index contributed by atoms with van der Waals surface area (Å²) < 4.78 is 23.8. The Bertz CT molecular complexity index is 1060. The molecule has 0 aliphatic carbocycles. The summed E-state index contributed by atoms with van der Waals surface area (Å²) in [5.41, 5.74) is 0.826. The summed E-state index contributed by atoms with van der Waals surface area (Å²) in [5, 5.41) is 0.626. The van der Waals surface area contributed by atoms with E-state index >= 15 is 0 Å². The lowest BCUT2D eigenvalue weighted by Crippen LogP contribution is -2.48. The summed E-state index contributed by atoms with van der Waals surface area (Å²) in [6.45, 7) is 1.33. The molecule has 1 aromatic heterocycles. The molecule has 2 unspecified atom stereocenters. The molecule has 2 atom stereocenters. The second kappa shape index (κ2) is 8.12. The molecule has 1 saturated heterocycles. The van der Waals surface area contributed by atoms with Gasteiger partial charge in [0, 0.05) is 6.61 Å². The van der Waals surface area contributed by atoms with Gasteiger partial charge in [-0.1, -0.05) is 23.5 Å².